The second-order valence-corrected chi connectivity index (χ2v) is 4.40. The fraction of sp³-hybridized carbons (Fsp3) is 0.417. The van der Waals surface area contributed by atoms with Crippen LogP contribution in [0, 0.1) is 11.3 Å². The summed E-state index contributed by atoms with van der Waals surface area (Å²) in [5.41, 5.74) is 1.64. The first-order chi connectivity index (χ1) is 7.74. The van der Waals surface area contributed by atoms with E-state index in [1.807, 2.05) is 19.2 Å². The van der Waals surface area contributed by atoms with Crippen molar-refractivity contribution in [2.75, 3.05) is 25.0 Å². The third kappa shape index (κ3) is 2.13. The molecule has 1 saturated heterocycles. The SMILES string of the molecule is CN[C@@H]1CCN(c2ccc(C#N)c(Cl)c2)C1. The second kappa shape index (κ2) is 4.73. The van der Waals surface area contributed by atoms with Gasteiger partial charge in [-0.2, -0.15) is 5.26 Å². The van der Waals surface area contributed by atoms with E-state index in [1.165, 1.54) is 0 Å². The van der Waals surface area contributed by atoms with E-state index >= 15 is 0 Å². The lowest BCUT2D eigenvalue weighted by atomic mass is 10.2. The van der Waals surface area contributed by atoms with Crippen molar-refractivity contribution in [3.8, 4) is 6.07 Å². The van der Waals surface area contributed by atoms with E-state index in [-0.39, 0.29) is 0 Å². The lowest BCUT2D eigenvalue weighted by molar-refractivity contribution is 0.617. The minimum Gasteiger partial charge on any atom is -0.370 e. The van der Waals surface area contributed by atoms with Gasteiger partial charge in [0.2, 0.25) is 0 Å². The third-order valence-corrected chi connectivity index (χ3v) is 3.35. The van der Waals surface area contributed by atoms with Gasteiger partial charge in [0.25, 0.3) is 0 Å². The van der Waals surface area contributed by atoms with Crippen LogP contribution in [0.15, 0.2) is 18.2 Å². The normalized spacial score (nSPS) is 19.8. The van der Waals surface area contributed by atoms with E-state index < -0.39 is 0 Å². The Kier molecular flexibility index (Phi) is 3.33. The van der Waals surface area contributed by atoms with Crippen LogP contribution in [0.25, 0.3) is 0 Å². The predicted octanol–water partition coefficient (Wildman–Crippen LogP) is 2.01. The molecule has 0 unspecified atom stereocenters. The highest BCUT2D eigenvalue weighted by atomic mass is 35.5. The quantitative estimate of drug-likeness (QED) is 0.853. The maximum atomic E-state index is 8.80. The summed E-state index contributed by atoms with van der Waals surface area (Å²) >= 11 is 6.01. The highest BCUT2D eigenvalue weighted by Gasteiger charge is 2.21. The monoisotopic (exact) mass is 235 g/mol. The average molecular weight is 236 g/mol. The van der Waals surface area contributed by atoms with E-state index in [1.54, 1.807) is 6.07 Å². The van der Waals surface area contributed by atoms with Crippen LogP contribution in [0.1, 0.15) is 12.0 Å². The van der Waals surface area contributed by atoms with Gasteiger partial charge in [-0.1, -0.05) is 11.6 Å². The first kappa shape index (κ1) is 11.3. The van der Waals surface area contributed by atoms with Crippen molar-refractivity contribution in [1.29, 1.82) is 5.26 Å². The predicted molar refractivity (Wildman–Crippen MR) is 65.8 cm³/mol. The van der Waals surface area contributed by atoms with Crippen LogP contribution < -0.4 is 10.2 Å². The smallest absolute Gasteiger partial charge is 0.101 e. The number of hydrogen-bond donors (Lipinski definition) is 1. The van der Waals surface area contributed by atoms with Gasteiger partial charge >= 0.3 is 0 Å². The minimum atomic E-state index is 0.535. The zero-order chi connectivity index (χ0) is 11.5. The van der Waals surface area contributed by atoms with Crippen LogP contribution >= 0.6 is 11.6 Å². The highest BCUT2D eigenvalue weighted by molar-refractivity contribution is 6.32. The van der Waals surface area contributed by atoms with E-state index in [0.717, 1.165) is 25.2 Å². The van der Waals surface area contributed by atoms with Crippen molar-refractivity contribution in [1.82, 2.24) is 5.32 Å². The molecule has 16 heavy (non-hydrogen) atoms. The van der Waals surface area contributed by atoms with E-state index in [4.69, 9.17) is 16.9 Å². The first-order valence-electron chi connectivity index (χ1n) is 5.36. The van der Waals surface area contributed by atoms with Crippen molar-refractivity contribution in [2.45, 2.75) is 12.5 Å². The molecule has 0 aliphatic carbocycles. The van der Waals surface area contributed by atoms with Crippen LogP contribution in [-0.2, 0) is 0 Å². The van der Waals surface area contributed by atoms with Gasteiger partial charge in [-0.3, -0.25) is 0 Å². The molecule has 84 valence electrons. The van der Waals surface area contributed by atoms with Crippen LogP contribution in [-0.4, -0.2) is 26.2 Å². The zero-order valence-electron chi connectivity index (χ0n) is 9.20. The number of nitrogens with one attached hydrogen (secondary N) is 1. The van der Waals surface area contributed by atoms with Crippen molar-refractivity contribution >= 4 is 17.3 Å². The summed E-state index contributed by atoms with van der Waals surface area (Å²) in [6.45, 7) is 2.03. The molecule has 1 aliphatic rings. The molecule has 0 radical (unpaired) electrons. The topological polar surface area (TPSA) is 39.1 Å². The van der Waals surface area contributed by atoms with Gasteiger partial charge in [-0.25, -0.2) is 0 Å². The Bertz CT molecular complexity index is 425. The number of likely N-dealkylation sites (N-methyl/N-ethyl adjacent to an activating group) is 1. The van der Waals surface area contributed by atoms with Crippen LogP contribution in [0.3, 0.4) is 0 Å². The lowest BCUT2D eigenvalue weighted by Gasteiger charge is -2.19. The molecule has 1 aromatic carbocycles. The molecule has 0 aromatic heterocycles. The van der Waals surface area contributed by atoms with Crippen molar-refractivity contribution in [3.63, 3.8) is 0 Å². The Hall–Kier alpha value is -1.24. The number of benzene rings is 1. The molecule has 1 atom stereocenters. The van der Waals surface area contributed by atoms with Gasteiger partial charge in [-0.15, -0.1) is 0 Å². The summed E-state index contributed by atoms with van der Waals surface area (Å²) < 4.78 is 0. The first-order valence-corrected chi connectivity index (χ1v) is 5.74. The van der Waals surface area contributed by atoms with Crippen molar-refractivity contribution in [3.05, 3.63) is 28.8 Å². The van der Waals surface area contributed by atoms with Gasteiger partial charge in [0.15, 0.2) is 0 Å². The number of nitrogens with zero attached hydrogens (tertiary/aromatic N) is 2. The summed E-state index contributed by atoms with van der Waals surface area (Å²) in [6.07, 6.45) is 1.15. The number of hydrogen-bond acceptors (Lipinski definition) is 3. The Balaban J connectivity index is 2.17. The zero-order valence-corrected chi connectivity index (χ0v) is 9.96. The molecule has 0 amide bonds. The van der Waals surface area contributed by atoms with Crippen molar-refractivity contribution in [2.24, 2.45) is 0 Å². The second-order valence-electron chi connectivity index (χ2n) is 4.00. The fourth-order valence-electron chi connectivity index (χ4n) is 2.02. The van der Waals surface area contributed by atoms with Crippen LogP contribution in [0.2, 0.25) is 5.02 Å². The molecule has 4 heteroatoms. The van der Waals surface area contributed by atoms with Gasteiger partial charge in [0.05, 0.1) is 10.6 Å². The molecule has 1 aromatic rings. The molecule has 1 heterocycles. The molecule has 3 nitrogen and oxygen atoms in total. The summed E-state index contributed by atoms with van der Waals surface area (Å²) in [7, 11) is 1.99. The van der Waals surface area contributed by atoms with Crippen LogP contribution in [0.5, 0.6) is 0 Å². The Morgan fingerprint density at radius 2 is 2.38 bits per heavy atom. The van der Waals surface area contributed by atoms with Gasteiger partial charge in [0, 0.05) is 24.8 Å². The summed E-state index contributed by atoms with van der Waals surface area (Å²) in [6, 6.07) is 8.24. The van der Waals surface area contributed by atoms with Crippen molar-refractivity contribution < 1.29 is 0 Å². The average Bonchev–Trinajstić information content (AvgIpc) is 2.77. The minimum absolute atomic E-state index is 0.535. The van der Waals surface area contributed by atoms with E-state index in [2.05, 4.69) is 16.3 Å². The standard InChI is InChI=1S/C12H14ClN3/c1-15-10-4-5-16(8-10)11-3-2-9(7-14)12(13)6-11/h2-3,6,10,15H,4-5,8H2,1H3/t10-/m1/s1. The fourth-order valence-corrected chi connectivity index (χ4v) is 2.24. The molecular weight excluding hydrogens is 222 g/mol. The van der Waals surface area contributed by atoms with E-state index in [9.17, 15) is 0 Å². The molecular formula is C12H14ClN3. The highest BCUT2D eigenvalue weighted by Crippen LogP contribution is 2.25. The molecule has 1 N–H and O–H groups in total. The molecule has 0 spiro atoms. The van der Waals surface area contributed by atoms with E-state index in [0.29, 0.717) is 16.6 Å². The third-order valence-electron chi connectivity index (χ3n) is 3.03. The number of anilines is 1. The number of halogens is 1. The maximum Gasteiger partial charge on any atom is 0.101 e. The van der Waals surface area contributed by atoms with Gasteiger partial charge < -0.3 is 10.2 Å². The Labute approximate surface area is 101 Å². The van der Waals surface area contributed by atoms with Gasteiger partial charge in [-0.05, 0) is 31.7 Å². The summed E-state index contributed by atoms with van der Waals surface area (Å²) in [5, 5.41) is 12.6. The summed E-state index contributed by atoms with van der Waals surface area (Å²) in [5.74, 6) is 0. The maximum absolute atomic E-state index is 8.80. The molecule has 1 aliphatic heterocycles. The van der Waals surface area contributed by atoms with Gasteiger partial charge in [0.1, 0.15) is 6.07 Å². The van der Waals surface area contributed by atoms with Crippen LogP contribution in [0.4, 0.5) is 5.69 Å². The molecule has 1 fully saturated rings. The lowest BCUT2D eigenvalue weighted by Crippen LogP contribution is -2.29. The molecule has 0 bridgehead atoms. The number of nitriles is 1. The summed E-state index contributed by atoms with van der Waals surface area (Å²) in [4.78, 5) is 2.29. The Morgan fingerprint density at radius 3 is 2.94 bits per heavy atom. The number of rotatable bonds is 2. The Morgan fingerprint density at radius 1 is 1.56 bits per heavy atom. The largest absolute Gasteiger partial charge is 0.370 e. The molecule has 0 saturated carbocycles. The molecule has 2 rings (SSSR count).